The van der Waals surface area contributed by atoms with Crippen LogP contribution in [0.3, 0.4) is 0 Å². The molecule has 1 unspecified atom stereocenters. The molecule has 2 aromatic carbocycles. The Morgan fingerprint density at radius 2 is 1.77 bits per heavy atom. The van der Waals surface area contributed by atoms with E-state index in [-0.39, 0.29) is 11.9 Å². The van der Waals surface area contributed by atoms with E-state index >= 15 is 0 Å². The van der Waals surface area contributed by atoms with E-state index in [4.69, 9.17) is 9.47 Å². The lowest BCUT2D eigenvalue weighted by atomic mass is 10.1. The zero-order valence-electron chi connectivity index (χ0n) is 12.7. The quantitative estimate of drug-likeness (QED) is 0.874. The normalized spacial score (nSPS) is 11.6. The van der Waals surface area contributed by atoms with Gasteiger partial charge in [-0.2, -0.15) is 0 Å². The van der Waals surface area contributed by atoms with Gasteiger partial charge in [-0.3, -0.25) is 4.79 Å². The Kier molecular flexibility index (Phi) is 5.44. The third kappa shape index (κ3) is 3.80. The van der Waals surface area contributed by atoms with E-state index in [0.29, 0.717) is 5.56 Å². The van der Waals surface area contributed by atoms with E-state index in [9.17, 15) is 4.79 Å². The van der Waals surface area contributed by atoms with Crippen LogP contribution in [0, 0.1) is 0 Å². The summed E-state index contributed by atoms with van der Waals surface area (Å²) in [7, 11) is 3.22. The predicted octanol–water partition coefficient (Wildman–Crippen LogP) is 3.96. The van der Waals surface area contributed by atoms with Crippen molar-refractivity contribution in [2.45, 2.75) is 13.0 Å². The summed E-state index contributed by atoms with van der Waals surface area (Å²) in [5, 5.41) is 2.97. The molecule has 0 fully saturated rings. The lowest BCUT2D eigenvalue weighted by Crippen LogP contribution is -2.26. The molecular weight excluding hydrogens is 346 g/mol. The molecule has 0 radical (unpaired) electrons. The van der Waals surface area contributed by atoms with Gasteiger partial charge in [0.15, 0.2) is 0 Å². The van der Waals surface area contributed by atoms with Crippen molar-refractivity contribution in [3.8, 4) is 11.5 Å². The van der Waals surface area contributed by atoms with Gasteiger partial charge in [-0.05, 0) is 64.8 Å². The van der Waals surface area contributed by atoms with Gasteiger partial charge in [-0.15, -0.1) is 0 Å². The Labute approximate surface area is 138 Å². The monoisotopic (exact) mass is 363 g/mol. The van der Waals surface area contributed by atoms with Gasteiger partial charge in [0.1, 0.15) is 11.5 Å². The van der Waals surface area contributed by atoms with Gasteiger partial charge in [-0.1, -0.05) is 6.07 Å². The second kappa shape index (κ2) is 7.31. The summed E-state index contributed by atoms with van der Waals surface area (Å²) in [5.41, 5.74) is 1.59. The van der Waals surface area contributed by atoms with E-state index < -0.39 is 0 Å². The molecule has 4 nitrogen and oxygen atoms in total. The summed E-state index contributed by atoms with van der Waals surface area (Å²) < 4.78 is 11.2. The van der Waals surface area contributed by atoms with Crippen LogP contribution in [0.4, 0.5) is 0 Å². The topological polar surface area (TPSA) is 47.6 Å². The van der Waals surface area contributed by atoms with Gasteiger partial charge in [0.2, 0.25) is 0 Å². The number of hydrogen-bond donors (Lipinski definition) is 1. The van der Waals surface area contributed by atoms with E-state index in [1.807, 2.05) is 25.1 Å². The number of ether oxygens (including phenoxy) is 2. The molecule has 0 aliphatic heterocycles. The van der Waals surface area contributed by atoms with Crippen molar-refractivity contribution >= 4 is 21.8 Å². The fourth-order valence-electron chi connectivity index (χ4n) is 2.06. The Morgan fingerprint density at radius 3 is 2.32 bits per heavy atom. The highest BCUT2D eigenvalue weighted by Gasteiger charge is 2.13. The molecule has 0 aliphatic rings. The van der Waals surface area contributed by atoms with E-state index in [2.05, 4.69) is 21.2 Å². The number of hydrogen-bond acceptors (Lipinski definition) is 3. The smallest absolute Gasteiger partial charge is 0.251 e. The number of halogens is 1. The Hall–Kier alpha value is -2.01. The number of amides is 1. The number of methoxy groups -OCH3 is 2. The molecule has 1 atom stereocenters. The molecule has 0 saturated heterocycles. The average Bonchev–Trinajstić information content (AvgIpc) is 2.54. The summed E-state index contributed by atoms with van der Waals surface area (Å²) in [6, 6.07) is 12.6. The van der Waals surface area contributed by atoms with Crippen LogP contribution in [0.25, 0.3) is 0 Å². The van der Waals surface area contributed by atoms with Crippen molar-refractivity contribution in [3.63, 3.8) is 0 Å². The summed E-state index contributed by atoms with van der Waals surface area (Å²) in [6.45, 7) is 1.94. The third-order valence-electron chi connectivity index (χ3n) is 3.38. The molecule has 2 aromatic rings. The van der Waals surface area contributed by atoms with Gasteiger partial charge in [0.25, 0.3) is 5.91 Å². The molecule has 5 heteroatoms. The Balaban J connectivity index is 2.08. The average molecular weight is 364 g/mol. The van der Waals surface area contributed by atoms with Crippen molar-refractivity contribution in [3.05, 3.63) is 58.1 Å². The minimum absolute atomic E-state index is 0.114. The SMILES string of the molecule is COc1ccc(C(=O)NC(C)c2ccc(OC)c(Br)c2)cc1. The maximum absolute atomic E-state index is 12.2. The molecule has 22 heavy (non-hydrogen) atoms. The minimum atomic E-state index is -0.123. The highest BCUT2D eigenvalue weighted by atomic mass is 79.9. The predicted molar refractivity (Wildman–Crippen MR) is 89.6 cm³/mol. The molecule has 0 heterocycles. The Bertz CT molecular complexity index is 655. The van der Waals surface area contributed by atoms with E-state index in [1.165, 1.54) is 0 Å². The van der Waals surface area contributed by atoms with Crippen molar-refractivity contribution in [1.82, 2.24) is 5.32 Å². The Morgan fingerprint density at radius 1 is 1.09 bits per heavy atom. The lowest BCUT2D eigenvalue weighted by molar-refractivity contribution is 0.0940. The lowest BCUT2D eigenvalue weighted by Gasteiger charge is -2.16. The zero-order valence-corrected chi connectivity index (χ0v) is 14.3. The highest BCUT2D eigenvalue weighted by Crippen LogP contribution is 2.28. The number of carbonyl (C=O) groups is 1. The second-order valence-electron chi connectivity index (χ2n) is 4.82. The summed E-state index contributed by atoms with van der Waals surface area (Å²) in [5.74, 6) is 1.36. The van der Waals surface area contributed by atoms with Crippen molar-refractivity contribution in [2.75, 3.05) is 14.2 Å². The van der Waals surface area contributed by atoms with Crippen LogP contribution in [0.15, 0.2) is 46.9 Å². The van der Waals surface area contributed by atoms with Crippen LogP contribution in [0.2, 0.25) is 0 Å². The molecule has 0 spiro atoms. The number of rotatable bonds is 5. The molecule has 1 amide bonds. The van der Waals surface area contributed by atoms with Gasteiger partial charge < -0.3 is 14.8 Å². The van der Waals surface area contributed by atoms with Crippen LogP contribution in [0.1, 0.15) is 28.9 Å². The number of carbonyl (C=O) groups excluding carboxylic acids is 1. The summed E-state index contributed by atoms with van der Waals surface area (Å²) in [4.78, 5) is 12.2. The van der Waals surface area contributed by atoms with Gasteiger partial charge in [-0.25, -0.2) is 0 Å². The van der Waals surface area contributed by atoms with Gasteiger partial charge in [0, 0.05) is 5.56 Å². The standard InChI is InChI=1S/C17H18BrNO3/c1-11(13-6-9-16(22-3)15(18)10-13)19-17(20)12-4-7-14(21-2)8-5-12/h4-11H,1-3H3,(H,19,20). The number of nitrogens with one attached hydrogen (secondary N) is 1. The number of benzene rings is 2. The van der Waals surface area contributed by atoms with Crippen LogP contribution < -0.4 is 14.8 Å². The minimum Gasteiger partial charge on any atom is -0.497 e. The van der Waals surface area contributed by atoms with Crippen LogP contribution in [0.5, 0.6) is 11.5 Å². The molecule has 0 aliphatic carbocycles. The van der Waals surface area contributed by atoms with Crippen molar-refractivity contribution in [1.29, 1.82) is 0 Å². The summed E-state index contributed by atoms with van der Waals surface area (Å²) in [6.07, 6.45) is 0. The molecule has 1 N–H and O–H groups in total. The fourth-order valence-corrected chi connectivity index (χ4v) is 2.62. The molecule has 0 saturated carbocycles. The van der Waals surface area contributed by atoms with Gasteiger partial charge >= 0.3 is 0 Å². The fraction of sp³-hybridized carbons (Fsp3) is 0.235. The van der Waals surface area contributed by atoms with Gasteiger partial charge in [0.05, 0.1) is 24.7 Å². The maximum atomic E-state index is 12.2. The zero-order chi connectivity index (χ0) is 16.1. The third-order valence-corrected chi connectivity index (χ3v) is 4.00. The first kappa shape index (κ1) is 16.4. The van der Waals surface area contributed by atoms with Crippen LogP contribution in [-0.2, 0) is 0 Å². The van der Waals surface area contributed by atoms with Crippen molar-refractivity contribution < 1.29 is 14.3 Å². The molecule has 116 valence electrons. The molecular formula is C17H18BrNO3. The van der Waals surface area contributed by atoms with Crippen molar-refractivity contribution in [2.24, 2.45) is 0 Å². The highest BCUT2D eigenvalue weighted by molar-refractivity contribution is 9.10. The first-order valence-corrected chi connectivity index (χ1v) is 7.62. The van der Waals surface area contributed by atoms with Crippen LogP contribution in [-0.4, -0.2) is 20.1 Å². The maximum Gasteiger partial charge on any atom is 0.251 e. The van der Waals surface area contributed by atoms with E-state index in [0.717, 1.165) is 21.5 Å². The molecule has 0 bridgehead atoms. The largest absolute Gasteiger partial charge is 0.497 e. The van der Waals surface area contributed by atoms with E-state index in [1.54, 1.807) is 38.5 Å². The summed E-state index contributed by atoms with van der Waals surface area (Å²) >= 11 is 3.45. The molecule has 2 rings (SSSR count). The first-order chi connectivity index (χ1) is 10.5. The second-order valence-corrected chi connectivity index (χ2v) is 5.67. The first-order valence-electron chi connectivity index (χ1n) is 6.83. The van der Waals surface area contributed by atoms with Crippen LogP contribution >= 0.6 is 15.9 Å². The molecule has 0 aromatic heterocycles.